The first-order valence-electron chi connectivity index (χ1n) is 4.26. The second-order valence-electron chi connectivity index (χ2n) is 2.99. The van der Waals surface area contributed by atoms with Crippen molar-refractivity contribution in [3.05, 3.63) is 50.1 Å². The number of hydrogen-bond donors (Lipinski definition) is 2. The van der Waals surface area contributed by atoms with Crippen molar-refractivity contribution < 1.29 is 20.0 Å². The Morgan fingerprint density at radius 1 is 1.24 bits per heavy atom. The lowest BCUT2D eigenvalue weighted by Gasteiger charge is -2.14. The normalized spacial score (nSPS) is 16.1. The maximum Gasteiger partial charge on any atom is 0.317 e. The fraction of sp³-hybridized carbons (Fsp3) is 0. The van der Waals surface area contributed by atoms with Gasteiger partial charge in [0.05, 0.1) is 20.5 Å². The van der Waals surface area contributed by atoms with Crippen LogP contribution < -0.4 is 0 Å². The molecule has 0 spiro atoms. The van der Waals surface area contributed by atoms with Gasteiger partial charge in [-0.25, -0.2) is 0 Å². The summed E-state index contributed by atoms with van der Waals surface area (Å²) in [7, 11) is 0. The number of nitrogens with zero attached hydrogens (tertiary/aromatic N) is 1. The predicted octanol–water partition coefficient (Wildman–Crippen LogP) is 3.17. The van der Waals surface area contributed by atoms with Crippen LogP contribution in [0.4, 0.5) is 0 Å². The molecule has 5 nitrogen and oxygen atoms in total. The Morgan fingerprint density at radius 3 is 2.59 bits per heavy atom. The molecule has 0 aliphatic carbocycles. The Morgan fingerprint density at radius 2 is 1.94 bits per heavy atom. The molecule has 90 valence electrons. The number of thioether (sulfide) groups is 1. The van der Waals surface area contributed by atoms with Gasteiger partial charge in [-0.3, -0.25) is 5.21 Å². The maximum atomic E-state index is 11.4. The van der Waals surface area contributed by atoms with Gasteiger partial charge in [0.25, 0.3) is 5.95 Å². The van der Waals surface area contributed by atoms with Gasteiger partial charge in [0.1, 0.15) is 0 Å². The molecular formula is C9H5Cl2NO4S. The Bertz CT molecular complexity index is 544. The fourth-order valence-corrected chi connectivity index (χ4v) is 2.09. The van der Waals surface area contributed by atoms with Gasteiger partial charge >= 0.3 is 5.04 Å². The highest BCUT2D eigenvalue weighted by molar-refractivity contribution is 8.17. The molecule has 0 atom stereocenters. The summed E-state index contributed by atoms with van der Waals surface area (Å²) in [6.07, 6.45) is 0. The molecule has 1 aliphatic heterocycles. The predicted molar refractivity (Wildman–Crippen MR) is 65.2 cm³/mol. The van der Waals surface area contributed by atoms with E-state index >= 15 is 0 Å². The average Bonchev–Trinajstić information content (AvgIpc) is 2.27. The van der Waals surface area contributed by atoms with Crippen molar-refractivity contribution in [3.63, 3.8) is 0 Å². The minimum atomic E-state index is -0.839. The molecule has 0 saturated heterocycles. The van der Waals surface area contributed by atoms with Crippen LogP contribution in [0.5, 0.6) is 0 Å². The van der Waals surface area contributed by atoms with E-state index in [0.717, 1.165) is 0 Å². The molecule has 0 unspecified atom stereocenters. The zero-order valence-electron chi connectivity index (χ0n) is 8.05. The second kappa shape index (κ2) is 4.56. The standard InChI is InChI=1S/C9H5Cl2NO4S/c10-5-2-1-4(3-6(5)11)7-12(15)16-8(13)9(14)17-7/h1-3,13-14H. The summed E-state index contributed by atoms with van der Waals surface area (Å²) in [5.74, 6) is -0.839. The van der Waals surface area contributed by atoms with E-state index in [2.05, 4.69) is 4.84 Å². The largest absolute Gasteiger partial charge is 0.499 e. The zero-order chi connectivity index (χ0) is 12.6. The monoisotopic (exact) mass is 293 g/mol. The van der Waals surface area contributed by atoms with E-state index in [9.17, 15) is 10.3 Å². The topological polar surface area (TPSA) is 75.8 Å². The first-order valence-corrected chi connectivity index (χ1v) is 5.84. The summed E-state index contributed by atoms with van der Waals surface area (Å²) < 4.78 is 0. The van der Waals surface area contributed by atoms with Gasteiger partial charge in [-0.15, -0.1) is 0 Å². The van der Waals surface area contributed by atoms with E-state index in [1.54, 1.807) is 6.07 Å². The number of aliphatic hydroxyl groups excluding tert-OH is 2. The Hall–Kier alpha value is -1.24. The third kappa shape index (κ3) is 2.38. The van der Waals surface area contributed by atoms with Crippen LogP contribution in [-0.4, -0.2) is 20.2 Å². The lowest BCUT2D eigenvalue weighted by Crippen LogP contribution is -2.20. The zero-order valence-corrected chi connectivity index (χ0v) is 10.4. The van der Waals surface area contributed by atoms with Crippen molar-refractivity contribution in [2.45, 2.75) is 0 Å². The summed E-state index contributed by atoms with van der Waals surface area (Å²) in [5, 5.41) is 29.8. The average molecular weight is 294 g/mol. The van der Waals surface area contributed by atoms with Gasteiger partial charge < -0.3 is 15.1 Å². The molecule has 1 aromatic rings. The van der Waals surface area contributed by atoms with Crippen LogP contribution in [0.1, 0.15) is 5.56 Å². The molecule has 0 radical (unpaired) electrons. The minimum absolute atomic E-state index is 0.0406. The van der Waals surface area contributed by atoms with Crippen molar-refractivity contribution in [1.29, 1.82) is 0 Å². The highest BCUT2D eigenvalue weighted by Crippen LogP contribution is 2.30. The number of rotatable bonds is 1. The second-order valence-corrected chi connectivity index (χ2v) is 4.79. The Labute approximate surface area is 110 Å². The number of halogens is 2. The van der Waals surface area contributed by atoms with Gasteiger partial charge in [0.2, 0.25) is 5.09 Å². The van der Waals surface area contributed by atoms with Crippen molar-refractivity contribution in [3.8, 4) is 0 Å². The smallest absolute Gasteiger partial charge is 0.317 e. The van der Waals surface area contributed by atoms with Crippen LogP contribution in [0.25, 0.3) is 0 Å². The first-order chi connectivity index (χ1) is 7.99. The molecule has 8 heteroatoms. The third-order valence-corrected chi connectivity index (χ3v) is 3.56. The first kappa shape index (κ1) is 12.2. The molecule has 0 fully saturated rings. The minimum Gasteiger partial charge on any atom is -0.499 e. The molecule has 0 aromatic heterocycles. The molecule has 0 amide bonds. The molecular weight excluding hydrogens is 289 g/mol. The molecule has 0 saturated carbocycles. The van der Waals surface area contributed by atoms with Crippen molar-refractivity contribution in [1.82, 2.24) is 0 Å². The van der Waals surface area contributed by atoms with E-state index < -0.39 is 11.0 Å². The number of benzene rings is 1. The van der Waals surface area contributed by atoms with Crippen LogP contribution in [0.2, 0.25) is 10.0 Å². The van der Waals surface area contributed by atoms with E-state index in [1.165, 1.54) is 12.1 Å². The van der Waals surface area contributed by atoms with Crippen LogP contribution in [0.15, 0.2) is 29.2 Å². The quantitative estimate of drug-likeness (QED) is 0.778. The molecule has 2 N–H and O–H groups in total. The van der Waals surface area contributed by atoms with E-state index in [0.29, 0.717) is 22.3 Å². The highest BCUT2D eigenvalue weighted by Gasteiger charge is 2.27. The molecule has 1 aliphatic rings. The Kier molecular flexibility index (Phi) is 3.28. The van der Waals surface area contributed by atoms with Gasteiger partial charge in [0, 0.05) is 11.8 Å². The van der Waals surface area contributed by atoms with Gasteiger partial charge in [-0.2, -0.15) is 0 Å². The van der Waals surface area contributed by atoms with Gasteiger partial charge in [-0.05, 0) is 18.2 Å². The molecule has 1 aromatic carbocycles. The summed E-state index contributed by atoms with van der Waals surface area (Å²) in [4.78, 5) is 4.45. The third-order valence-electron chi connectivity index (χ3n) is 1.88. The van der Waals surface area contributed by atoms with E-state index in [1.807, 2.05) is 0 Å². The highest BCUT2D eigenvalue weighted by atomic mass is 35.5. The van der Waals surface area contributed by atoms with E-state index in [-0.39, 0.29) is 15.0 Å². The van der Waals surface area contributed by atoms with Crippen molar-refractivity contribution >= 4 is 40.0 Å². The SMILES string of the molecule is [O-][N+]1=C(c2ccc(Cl)c(Cl)c2)SC(O)=C(O)O1. The summed E-state index contributed by atoms with van der Waals surface area (Å²) in [6.45, 7) is 0. The maximum absolute atomic E-state index is 11.4. The summed E-state index contributed by atoms with van der Waals surface area (Å²) >= 11 is 12.2. The van der Waals surface area contributed by atoms with Gasteiger partial charge in [0.15, 0.2) is 0 Å². The molecule has 17 heavy (non-hydrogen) atoms. The van der Waals surface area contributed by atoms with E-state index in [4.69, 9.17) is 28.3 Å². The Balaban J connectivity index is 2.41. The lowest BCUT2D eigenvalue weighted by atomic mass is 10.2. The van der Waals surface area contributed by atoms with Crippen molar-refractivity contribution in [2.75, 3.05) is 0 Å². The van der Waals surface area contributed by atoms with Crippen LogP contribution in [0, 0.1) is 5.21 Å². The lowest BCUT2D eigenvalue weighted by molar-refractivity contribution is -0.732. The number of aliphatic hydroxyl groups is 2. The molecule has 0 bridgehead atoms. The summed E-state index contributed by atoms with van der Waals surface area (Å²) in [5.41, 5.74) is 0.415. The molecule has 1 heterocycles. The number of hydrogen-bond acceptors (Lipinski definition) is 5. The fourth-order valence-electron chi connectivity index (χ4n) is 1.13. The van der Waals surface area contributed by atoms with Crippen LogP contribution in [-0.2, 0) is 4.84 Å². The van der Waals surface area contributed by atoms with Gasteiger partial charge in [-0.1, -0.05) is 23.2 Å². The van der Waals surface area contributed by atoms with Crippen LogP contribution in [0.3, 0.4) is 0 Å². The van der Waals surface area contributed by atoms with Crippen LogP contribution >= 0.6 is 35.0 Å². The molecule has 2 rings (SSSR count). The summed E-state index contributed by atoms with van der Waals surface area (Å²) in [6, 6.07) is 4.51. The van der Waals surface area contributed by atoms with Crippen molar-refractivity contribution in [2.24, 2.45) is 0 Å².